The van der Waals surface area contributed by atoms with Crippen molar-refractivity contribution in [1.29, 1.82) is 0 Å². The Morgan fingerprint density at radius 2 is 1.95 bits per heavy atom. The van der Waals surface area contributed by atoms with Crippen molar-refractivity contribution < 1.29 is 19.5 Å². The van der Waals surface area contributed by atoms with Crippen LogP contribution in [0.1, 0.15) is 19.3 Å². The third kappa shape index (κ3) is 3.97. The summed E-state index contributed by atoms with van der Waals surface area (Å²) in [6.07, 6.45) is 5.61. The predicted octanol–water partition coefficient (Wildman–Crippen LogP) is -0.0643. The molecule has 1 fully saturated rings. The van der Waals surface area contributed by atoms with Gasteiger partial charge in [-0.15, -0.1) is 0 Å². The van der Waals surface area contributed by atoms with E-state index in [1.54, 1.807) is 12.2 Å². The van der Waals surface area contributed by atoms with Crippen molar-refractivity contribution in [2.45, 2.75) is 31.3 Å². The molecule has 0 aromatic rings. The number of amides is 3. The van der Waals surface area contributed by atoms with Gasteiger partial charge in [0.2, 0.25) is 5.91 Å². The van der Waals surface area contributed by atoms with Crippen LogP contribution in [0, 0.1) is 5.92 Å². The molecule has 2 atom stereocenters. The Labute approximate surface area is 117 Å². The highest BCUT2D eigenvalue weighted by Crippen LogP contribution is 2.19. The van der Waals surface area contributed by atoms with E-state index in [9.17, 15) is 14.4 Å². The van der Waals surface area contributed by atoms with Gasteiger partial charge in [0.15, 0.2) is 0 Å². The summed E-state index contributed by atoms with van der Waals surface area (Å²) in [5.41, 5.74) is 0. The quantitative estimate of drug-likeness (QED) is 0.615. The summed E-state index contributed by atoms with van der Waals surface area (Å²) in [5, 5.41) is 14.4. The molecule has 0 aromatic heterocycles. The molecule has 0 aromatic carbocycles. The summed E-state index contributed by atoms with van der Waals surface area (Å²) in [6.45, 7) is 0.00112. The first-order valence-electron chi connectivity index (χ1n) is 6.68. The molecule has 110 valence electrons. The van der Waals surface area contributed by atoms with Crippen LogP contribution in [-0.4, -0.2) is 53.6 Å². The Hall–Kier alpha value is -2.05. The van der Waals surface area contributed by atoms with Crippen molar-refractivity contribution in [2.75, 3.05) is 13.6 Å². The lowest BCUT2D eigenvalue weighted by molar-refractivity contribution is -0.140. The fourth-order valence-electron chi connectivity index (χ4n) is 2.05. The number of likely N-dealkylation sites (N-methyl/N-ethyl adjacent to an activating group) is 1. The fourth-order valence-corrected chi connectivity index (χ4v) is 2.05. The van der Waals surface area contributed by atoms with Crippen molar-refractivity contribution in [3.05, 3.63) is 12.2 Å². The third-order valence-electron chi connectivity index (χ3n) is 3.38. The van der Waals surface area contributed by atoms with Crippen molar-refractivity contribution in [3.63, 3.8) is 0 Å². The zero-order valence-electron chi connectivity index (χ0n) is 11.3. The number of carbonyl (C=O) groups is 3. The lowest BCUT2D eigenvalue weighted by atomic mass is 10.1. The molecule has 0 saturated heterocycles. The molecule has 0 radical (unpaired) electrons. The normalized spacial score (nSPS) is 24.2. The Bertz CT molecular complexity index is 445. The van der Waals surface area contributed by atoms with E-state index in [0.717, 1.165) is 12.8 Å². The average molecular weight is 281 g/mol. The zero-order chi connectivity index (χ0) is 14.7. The van der Waals surface area contributed by atoms with Crippen LogP contribution in [0.15, 0.2) is 12.2 Å². The molecule has 0 heterocycles. The second kappa shape index (κ2) is 5.94. The minimum absolute atomic E-state index is 0.00112. The first kappa shape index (κ1) is 14.4. The summed E-state index contributed by atoms with van der Waals surface area (Å²) >= 11 is 0. The van der Waals surface area contributed by atoms with Crippen molar-refractivity contribution >= 4 is 17.9 Å². The van der Waals surface area contributed by atoms with Gasteiger partial charge in [0, 0.05) is 13.1 Å². The molecule has 0 aliphatic heterocycles. The number of rotatable bonds is 5. The maximum absolute atomic E-state index is 11.9. The second-order valence-electron chi connectivity index (χ2n) is 5.32. The Kier molecular flexibility index (Phi) is 4.26. The molecule has 2 aliphatic carbocycles. The first-order valence-corrected chi connectivity index (χ1v) is 6.68. The van der Waals surface area contributed by atoms with Crippen LogP contribution in [0.2, 0.25) is 0 Å². The first-order chi connectivity index (χ1) is 9.45. The molecule has 2 aliphatic rings. The second-order valence-corrected chi connectivity index (χ2v) is 5.32. The van der Waals surface area contributed by atoms with E-state index in [0.29, 0.717) is 6.42 Å². The molecule has 3 N–H and O–H groups in total. The smallest absolute Gasteiger partial charge is 0.318 e. The van der Waals surface area contributed by atoms with Crippen LogP contribution < -0.4 is 10.6 Å². The van der Waals surface area contributed by atoms with Gasteiger partial charge in [-0.05, 0) is 19.3 Å². The SMILES string of the molecule is CN(CC(=O)NC1CC1)C(=O)NC1C=CC(C(=O)O)C1. The maximum atomic E-state index is 11.9. The number of hydrogen-bond donors (Lipinski definition) is 3. The minimum atomic E-state index is -0.893. The lowest BCUT2D eigenvalue weighted by Gasteiger charge is -2.20. The van der Waals surface area contributed by atoms with E-state index in [1.165, 1.54) is 11.9 Å². The van der Waals surface area contributed by atoms with E-state index in [4.69, 9.17) is 5.11 Å². The number of carboxylic acid groups (broad SMARTS) is 1. The van der Waals surface area contributed by atoms with E-state index in [2.05, 4.69) is 10.6 Å². The summed E-state index contributed by atoms with van der Waals surface area (Å²) in [7, 11) is 1.54. The molecule has 0 bridgehead atoms. The highest BCUT2D eigenvalue weighted by Gasteiger charge is 2.27. The maximum Gasteiger partial charge on any atom is 0.318 e. The Morgan fingerprint density at radius 3 is 2.50 bits per heavy atom. The van der Waals surface area contributed by atoms with Crippen molar-refractivity contribution in [3.8, 4) is 0 Å². The van der Waals surface area contributed by atoms with Gasteiger partial charge in [0.1, 0.15) is 6.54 Å². The molecular weight excluding hydrogens is 262 g/mol. The third-order valence-corrected chi connectivity index (χ3v) is 3.38. The van der Waals surface area contributed by atoms with Gasteiger partial charge in [-0.1, -0.05) is 12.2 Å². The standard InChI is InChI=1S/C13H19N3O4/c1-16(7-11(17)14-9-4-5-9)13(20)15-10-3-2-8(6-10)12(18)19/h2-3,8-10H,4-7H2,1H3,(H,14,17)(H,15,20)(H,18,19). The number of nitrogens with zero attached hydrogens (tertiary/aromatic N) is 1. The molecule has 1 saturated carbocycles. The lowest BCUT2D eigenvalue weighted by Crippen LogP contribution is -2.46. The molecule has 20 heavy (non-hydrogen) atoms. The largest absolute Gasteiger partial charge is 0.481 e. The van der Waals surface area contributed by atoms with Crippen LogP contribution >= 0.6 is 0 Å². The van der Waals surface area contributed by atoms with Gasteiger partial charge in [-0.3, -0.25) is 9.59 Å². The van der Waals surface area contributed by atoms with E-state index in [-0.39, 0.29) is 30.6 Å². The topological polar surface area (TPSA) is 98.7 Å². The number of carbonyl (C=O) groups excluding carboxylic acids is 2. The Balaban J connectivity index is 1.72. The van der Waals surface area contributed by atoms with Gasteiger partial charge in [0.25, 0.3) is 0 Å². The molecule has 7 heteroatoms. The van der Waals surface area contributed by atoms with Gasteiger partial charge in [0.05, 0.1) is 12.0 Å². The molecule has 0 spiro atoms. The number of aliphatic carboxylic acids is 1. The van der Waals surface area contributed by atoms with Gasteiger partial charge < -0.3 is 20.6 Å². The zero-order valence-corrected chi connectivity index (χ0v) is 11.3. The van der Waals surface area contributed by atoms with Gasteiger partial charge >= 0.3 is 12.0 Å². The van der Waals surface area contributed by atoms with E-state index >= 15 is 0 Å². The van der Waals surface area contributed by atoms with Crippen LogP contribution in [0.4, 0.5) is 4.79 Å². The number of nitrogens with one attached hydrogen (secondary N) is 2. The van der Waals surface area contributed by atoms with E-state index in [1.807, 2.05) is 0 Å². The van der Waals surface area contributed by atoms with Crippen LogP contribution in [0.3, 0.4) is 0 Å². The van der Waals surface area contributed by atoms with Crippen LogP contribution in [0.25, 0.3) is 0 Å². The number of hydrogen-bond acceptors (Lipinski definition) is 3. The Morgan fingerprint density at radius 1 is 1.25 bits per heavy atom. The minimum Gasteiger partial charge on any atom is -0.481 e. The average Bonchev–Trinajstić information content (AvgIpc) is 3.04. The molecule has 3 amide bonds. The summed E-state index contributed by atoms with van der Waals surface area (Å²) < 4.78 is 0. The molecule has 2 unspecified atom stereocenters. The number of urea groups is 1. The molecule has 7 nitrogen and oxygen atoms in total. The van der Waals surface area contributed by atoms with Crippen molar-refractivity contribution in [1.82, 2.24) is 15.5 Å². The van der Waals surface area contributed by atoms with Crippen molar-refractivity contribution in [2.24, 2.45) is 5.92 Å². The fraction of sp³-hybridized carbons (Fsp3) is 0.615. The van der Waals surface area contributed by atoms with Crippen LogP contribution in [-0.2, 0) is 9.59 Å². The van der Waals surface area contributed by atoms with E-state index < -0.39 is 11.9 Å². The van der Waals surface area contributed by atoms with Crippen LogP contribution in [0.5, 0.6) is 0 Å². The molecule has 2 rings (SSSR count). The van der Waals surface area contributed by atoms with Gasteiger partial charge in [-0.25, -0.2) is 4.79 Å². The summed E-state index contributed by atoms with van der Waals surface area (Å²) in [4.78, 5) is 35.5. The highest BCUT2D eigenvalue weighted by atomic mass is 16.4. The monoisotopic (exact) mass is 281 g/mol. The number of carboxylic acids is 1. The predicted molar refractivity (Wildman–Crippen MR) is 71.0 cm³/mol. The summed E-state index contributed by atoms with van der Waals surface area (Å²) in [5.74, 6) is -1.62. The van der Waals surface area contributed by atoms with Gasteiger partial charge in [-0.2, -0.15) is 0 Å². The molecular formula is C13H19N3O4. The highest BCUT2D eigenvalue weighted by molar-refractivity contribution is 5.84. The summed E-state index contributed by atoms with van der Waals surface area (Å²) in [6, 6.07) is -0.401.